The lowest BCUT2D eigenvalue weighted by Crippen LogP contribution is -2.42. The first-order chi connectivity index (χ1) is 11.8. The van der Waals surface area contributed by atoms with Crippen molar-refractivity contribution in [2.24, 2.45) is 5.92 Å². The third-order valence-electron chi connectivity index (χ3n) is 4.54. The Bertz CT molecular complexity index is 762. The molecule has 1 aliphatic rings. The van der Waals surface area contributed by atoms with Gasteiger partial charge in [0, 0.05) is 24.7 Å². The number of ether oxygens (including phenoxy) is 1. The summed E-state index contributed by atoms with van der Waals surface area (Å²) in [6, 6.07) is 8.14. The van der Waals surface area contributed by atoms with Crippen molar-refractivity contribution in [1.82, 2.24) is 9.88 Å². The lowest BCUT2D eigenvalue weighted by atomic mass is 9.90. The predicted molar refractivity (Wildman–Crippen MR) is 101 cm³/mol. The molecule has 0 aliphatic carbocycles. The molecule has 2 aromatic rings. The molecule has 0 spiro atoms. The van der Waals surface area contributed by atoms with Gasteiger partial charge in [0.2, 0.25) is 0 Å². The Kier molecular flexibility index (Phi) is 5.19. The second-order valence-corrected chi connectivity index (χ2v) is 8.17. The van der Waals surface area contributed by atoms with E-state index in [0.29, 0.717) is 5.92 Å². The minimum atomic E-state index is -0.438. The first-order valence-electron chi connectivity index (χ1n) is 8.83. The lowest BCUT2D eigenvalue weighted by molar-refractivity contribution is 0.0184. The van der Waals surface area contributed by atoms with E-state index in [2.05, 4.69) is 17.1 Å². The van der Waals surface area contributed by atoms with Crippen LogP contribution in [0.4, 0.5) is 4.79 Å². The molecule has 1 aromatic heterocycles. The fraction of sp³-hybridized carbons (Fsp3) is 0.500. The van der Waals surface area contributed by atoms with Crippen molar-refractivity contribution in [1.29, 1.82) is 0 Å². The third kappa shape index (κ3) is 4.63. The maximum Gasteiger partial charge on any atom is 0.410 e. The topological polar surface area (TPSA) is 42.4 Å². The van der Waals surface area contributed by atoms with E-state index in [1.807, 2.05) is 37.8 Å². The molecule has 1 fully saturated rings. The smallest absolute Gasteiger partial charge is 0.410 e. The van der Waals surface area contributed by atoms with E-state index < -0.39 is 5.60 Å². The van der Waals surface area contributed by atoms with Gasteiger partial charge in [-0.2, -0.15) is 0 Å². The number of halogens is 1. The third-order valence-corrected chi connectivity index (χ3v) is 4.87. The first kappa shape index (κ1) is 18.0. The Morgan fingerprint density at radius 2 is 2.00 bits per heavy atom. The van der Waals surface area contributed by atoms with E-state index in [-0.39, 0.29) is 6.09 Å². The number of rotatable bonds is 2. The first-order valence-corrected chi connectivity index (χ1v) is 9.21. The summed E-state index contributed by atoms with van der Waals surface area (Å²) in [6.45, 7) is 7.22. The molecule has 0 radical (unpaired) electrons. The number of hydrogen-bond donors (Lipinski definition) is 0. The van der Waals surface area contributed by atoms with Gasteiger partial charge >= 0.3 is 6.09 Å². The number of pyridine rings is 1. The molecule has 1 saturated heterocycles. The van der Waals surface area contributed by atoms with Gasteiger partial charge in [-0.15, -0.1) is 0 Å². The van der Waals surface area contributed by atoms with Crippen molar-refractivity contribution in [3.05, 3.63) is 41.0 Å². The van der Waals surface area contributed by atoms with Gasteiger partial charge in [-0.3, -0.25) is 4.98 Å². The van der Waals surface area contributed by atoms with Crippen LogP contribution < -0.4 is 0 Å². The van der Waals surface area contributed by atoms with Crippen molar-refractivity contribution < 1.29 is 9.53 Å². The molecule has 1 amide bonds. The Morgan fingerprint density at radius 1 is 1.28 bits per heavy atom. The fourth-order valence-corrected chi connectivity index (χ4v) is 3.47. The van der Waals surface area contributed by atoms with E-state index in [1.165, 1.54) is 5.56 Å². The van der Waals surface area contributed by atoms with Crippen LogP contribution in [0.5, 0.6) is 0 Å². The van der Waals surface area contributed by atoms with Gasteiger partial charge < -0.3 is 9.64 Å². The molecular weight excluding hydrogens is 336 g/mol. The molecule has 4 nitrogen and oxygen atoms in total. The highest BCUT2D eigenvalue weighted by Crippen LogP contribution is 2.27. The minimum absolute atomic E-state index is 0.200. The van der Waals surface area contributed by atoms with E-state index in [4.69, 9.17) is 16.3 Å². The Hall–Kier alpha value is -1.81. The molecule has 0 N–H and O–H groups in total. The second-order valence-electron chi connectivity index (χ2n) is 7.76. The fourth-order valence-electron chi connectivity index (χ4n) is 3.27. The molecule has 0 unspecified atom stereocenters. The molecular formula is C20H25ClN2O2. The highest BCUT2D eigenvalue weighted by Gasteiger charge is 2.26. The normalized spacial score (nSPS) is 16.2. The van der Waals surface area contributed by atoms with E-state index >= 15 is 0 Å². The second kappa shape index (κ2) is 7.20. The molecule has 1 aromatic carbocycles. The van der Waals surface area contributed by atoms with Gasteiger partial charge in [-0.1, -0.05) is 17.7 Å². The molecule has 2 heterocycles. The average Bonchev–Trinajstić information content (AvgIpc) is 2.55. The van der Waals surface area contributed by atoms with E-state index in [0.717, 1.165) is 48.3 Å². The zero-order chi connectivity index (χ0) is 18.0. The predicted octanol–water partition coefficient (Wildman–Crippen LogP) is 5.08. The summed E-state index contributed by atoms with van der Waals surface area (Å²) >= 11 is 6.28. The number of likely N-dealkylation sites (tertiary alicyclic amines) is 1. The number of hydrogen-bond acceptors (Lipinski definition) is 3. The van der Waals surface area contributed by atoms with Crippen LogP contribution in [0.15, 0.2) is 30.5 Å². The molecule has 0 atom stereocenters. The summed E-state index contributed by atoms with van der Waals surface area (Å²) in [5, 5.41) is 1.75. The molecule has 0 bridgehead atoms. The van der Waals surface area contributed by atoms with Crippen LogP contribution in [-0.2, 0) is 11.2 Å². The summed E-state index contributed by atoms with van der Waals surface area (Å²) in [5.41, 5.74) is 1.76. The quantitative estimate of drug-likeness (QED) is 0.750. The molecule has 0 saturated carbocycles. The summed E-state index contributed by atoms with van der Waals surface area (Å²) in [7, 11) is 0. The van der Waals surface area contributed by atoms with Gasteiger partial charge in [-0.25, -0.2) is 4.79 Å². The number of nitrogens with zero attached hydrogens (tertiary/aromatic N) is 2. The number of aromatic nitrogens is 1. The number of piperidine rings is 1. The molecule has 5 heteroatoms. The number of benzene rings is 1. The van der Waals surface area contributed by atoms with Crippen LogP contribution in [0.25, 0.3) is 10.9 Å². The number of fused-ring (bicyclic) bond motifs is 1. The minimum Gasteiger partial charge on any atom is -0.444 e. The largest absolute Gasteiger partial charge is 0.444 e. The summed E-state index contributed by atoms with van der Waals surface area (Å²) in [6.07, 6.45) is 4.53. The van der Waals surface area contributed by atoms with Crippen LogP contribution in [0, 0.1) is 5.92 Å². The van der Waals surface area contributed by atoms with Crippen LogP contribution in [0.1, 0.15) is 39.2 Å². The maximum absolute atomic E-state index is 12.1. The Balaban J connectivity index is 1.59. The van der Waals surface area contributed by atoms with Crippen LogP contribution >= 0.6 is 11.6 Å². The van der Waals surface area contributed by atoms with Crippen molar-refractivity contribution in [3.63, 3.8) is 0 Å². The van der Waals surface area contributed by atoms with Crippen LogP contribution in [-0.4, -0.2) is 34.7 Å². The van der Waals surface area contributed by atoms with Crippen LogP contribution in [0.3, 0.4) is 0 Å². The van der Waals surface area contributed by atoms with Gasteiger partial charge in [-0.05, 0) is 69.7 Å². The molecule has 3 rings (SSSR count). The zero-order valence-electron chi connectivity index (χ0n) is 15.1. The Labute approximate surface area is 154 Å². The maximum atomic E-state index is 12.1. The van der Waals surface area contributed by atoms with E-state index in [9.17, 15) is 4.79 Å². The van der Waals surface area contributed by atoms with Gasteiger partial charge in [0.15, 0.2) is 0 Å². The highest BCUT2D eigenvalue weighted by molar-refractivity contribution is 6.35. The van der Waals surface area contributed by atoms with Crippen molar-refractivity contribution in [2.75, 3.05) is 13.1 Å². The average molecular weight is 361 g/mol. The molecule has 1 aliphatic heterocycles. The standard InChI is InChI=1S/C20H25ClN2O2/c1-20(2,3)25-19(24)23-10-7-14(8-11-23)12-15-4-5-18-16(13-15)17(21)6-9-22-18/h4-6,9,13-14H,7-8,10-12H2,1-3H3. The van der Waals surface area contributed by atoms with Crippen molar-refractivity contribution >= 4 is 28.6 Å². The van der Waals surface area contributed by atoms with Crippen molar-refractivity contribution in [3.8, 4) is 0 Å². The zero-order valence-corrected chi connectivity index (χ0v) is 15.8. The summed E-state index contributed by atoms with van der Waals surface area (Å²) < 4.78 is 5.46. The van der Waals surface area contributed by atoms with Crippen molar-refractivity contribution in [2.45, 2.75) is 45.6 Å². The monoisotopic (exact) mass is 360 g/mol. The highest BCUT2D eigenvalue weighted by atomic mass is 35.5. The van der Waals surface area contributed by atoms with E-state index in [1.54, 1.807) is 6.20 Å². The SMILES string of the molecule is CC(C)(C)OC(=O)N1CCC(Cc2ccc3nccc(Cl)c3c2)CC1. The molecule has 25 heavy (non-hydrogen) atoms. The lowest BCUT2D eigenvalue weighted by Gasteiger charge is -2.33. The molecule has 134 valence electrons. The summed E-state index contributed by atoms with van der Waals surface area (Å²) in [4.78, 5) is 18.3. The van der Waals surface area contributed by atoms with Crippen LogP contribution in [0.2, 0.25) is 5.02 Å². The van der Waals surface area contributed by atoms with Gasteiger partial charge in [0.1, 0.15) is 5.60 Å². The number of carbonyl (C=O) groups is 1. The van der Waals surface area contributed by atoms with Gasteiger partial charge in [0.25, 0.3) is 0 Å². The van der Waals surface area contributed by atoms with Gasteiger partial charge in [0.05, 0.1) is 10.5 Å². The number of carbonyl (C=O) groups excluding carboxylic acids is 1. The number of amides is 1. The summed E-state index contributed by atoms with van der Waals surface area (Å²) in [5.74, 6) is 0.576. The Morgan fingerprint density at radius 3 is 2.68 bits per heavy atom.